The minimum atomic E-state index is -0.552. The highest BCUT2D eigenvalue weighted by Crippen LogP contribution is 2.10. The van der Waals surface area contributed by atoms with Gasteiger partial charge in [0.25, 0.3) is 17.4 Å². The molecular formula is C18H20N4O5. The van der Waals surface area contributed by atoms with Crippen LogP contribution in [0.3, 0.4) is 0 Å². The van der Waals surface area contributed by atoms with Crippen LogP contribution in [0.25, 0.3) is 0 Å². The number of aromatic nitrogens is 2. The lowest BCUT2D eigenvalue weighted by molar-refractivity contribution is -0.139. The van der Waals surface area contributed by atoms with Crippen molar-refractivity contribution in [3.05, 3.63) is 58.0 Å². The summed E-state index contributed by atoms with van der Waals surface area (Å²) in [6, 6.07) is 8.77. The van der Waals surface area contributed by atoms with E-state index in [4.69, 9.17) is 0 Å². The number of rotatable bonds is 7. The van der Waals surface area contributed by atoms with Gasteiger partial charge >= 0.3 is 5.97 Å². The molecule has 0 aliphatic heterocycles. The van der Waals surface area contributed by atoms with Crippen LogP contribution in [-0.2, 0) is 16.1 Å². The molecule has 9 heteroatoms. The summed E-state index contributed by atoms with van der Waals surface area (Å²) in [4.78, 5) is 46.9. The van der Waals surface area contributed by atoms with Crippen molar-refractivity contribution >= 4 is 23.5 Å². The third kappa shape index (κ3) is 5.50. The van der Waals surface area contributed by atoms with Crippen molar-refractivity contribution in [3.8, 4) is 0 Å². The van der Waals surface area contributed by atoms with Gasteiger partial charge in [-0.05, 0) is 36.8 Å². The smallest absolute Gasteiger partial charge is 0.325 e. The van der Waals surface area contributed by atoms with Crippen LogP contribution in [0.1, 0.15) is 34.2 Å². The van der Waals surface area contributed by atoms with Gasteiger partial charge in [0.15, 0.2) is 0 Å². The molecule has 0 bridgehead atoms. The van der Waals surface area contributed by atoms with Gasteiger partial charge in [-0.25, -0.2) is 4.68 Å². The van der Waals surface area contributed by atoms with Crippen LogP contribution in [-0.4, -0.2) is 41.2 Å². The Hall–Kier alpha value is -3.49. The largest absolute Gasteiger partial charge is 0.468 e. The number of carbonyl (C=O) groups is 3. The molecule has 0 saturated heterocycles. The van der Waals surface area contributed by atoms with Crippen molar-refractivity contribution < 1.29 is 19.1 Å². The summed E-state index contributed by atoms with van der Waals surface area (Å²) < 4.78 is 5.68. The van der Waals surface area contributed by atoms with E-state index in [9.17, 15) is 19.2 Å². The average molecular weight is 372 g/mol. The Balaban J connectivity index is 2.02. The molecule has 142 valence electrons. The van der Waals surface area contributed by atoms with E-state index in [1.54, 1.807) is 12.1 Å². The molecule has 9 nitrogen and oxygen atoms in total. The second kappa shape index (κ2) is 9.27. The summed E-state index contributed by atoms with van der Waals surface area (Å²) >= 11 is 0. The summed E-state index contributed by atoms with van der Waals surface area (Å²) in [6.07, 6.45) is 0.720. The zero-order chi connectivity index (χ0) is 19.8. The summed E-state index contributed by atoms with van der Waals surface area (Å²) in [5, 5.41) is 9.10. The van der Waals surface area contributed by atoms with Gasteiger partial charge in [-0.2, -0.15) is 5.10 Å². The molecule has 0 aliphatic carbocycles. The first-order valence-electron chi connectivity index (χ1n) is 8.29. The fourth-order valence-corrected chi connectivity index (χ4v) is 2.17. The Bertz CT molecular complexity index is 889. The van der Waals surface area contributed by atoms with Crippen LogP contribution in [0.2, 0.25) is 0 Å². The molecule has 0 atom stereocenters. The molecule has 2 rings (SSSR count). The van der Waals surface area contributed by atoms with E-state index in [0.717, 1.165) is 6.42 Å². The number of benzene rings is 1. The minimum Gasteiger partial charge on any atom is -0.468 e. The van der Waals surface area contributed by atoms with E-state index >= 15 is 0 Å². The number of nitrogens with one attached hydrogen (secondary N) is 2. The lowest BCUT2D eigenvalue weighted by atomic mass is 10.2. The number of nitrogens with zero attached hydrogens (tertiary/aromatic N) is 2. The molecule has 0 spiro atoms. The number of esters is 1. The van der Waals surface area contributed by atoms with Crippen molar-refractivity contribution in [2.75, 3.05) is 19.0 Å². The average Bonchev–Trinajstić information content (AvgIpc) is 2.68. The van der Waals surface area contributed by atoms with Crippen molar-refractivity contribution in [1.82, 2.24) is 15.1 Å². The molecule has 0 aliphatic rings. The van der Waals surface area contributed by atoms with E-state index in [2.05, 4.69) is 20.5 Å². The van der Waals surface area contributed by atoms with Crippen molar-refractivity contribution in [3.63, 3.8) is 0 Å². The SMILES string of the molecule is CCCn1nc(C(=O)Nc2ccc(C(=O)NCC(=O)OC)cc2)ccc1=O. The number of hydrogen-bond acceptors (Lipinski definition) is 6. The van der Waals surface area contributed by atoms with Gasteiger partial charge in [0, 0.05) is 23.9 Å². The maximum absolute atomic E-state index is 12.3. The molecule has 0 unspecified atom stereocenters. The number of anilines is 1. The Labute approximate surface area is 155 Å². The fraction of sp³-hybridized carbons (Fsp3) is 0.278. The summed E-state index contributed by atoms with van der Waals surface area (Å²) in [7, 11) is 1.23. The van der Waals surface area contributed by atoms with Gasteiger partial charge in [0.1, 0.15) is 12.2 Å². The Morgan fingerprint density at radius 3 is 2.41 bits per heavy atom. The van der Waals surface area contributed by atoms with Crippen molar-refractivity contribution in [2.45, 2.75) is 19.9 Å². The van der Waals surface area contributed by atoms with Crippen LogP contribution >= 0.6 is 0 Å². The number of methoxy groups -OCH3 is 1. The first-order valence-corrected chi connectivity index (χ1v) is 8.29. The zero-order valence-corrected chi connectivity index (χ0v) is 15.0. The molecule has 1 aromatic carbocycles. The van der Waals surface area contributed by atoms with E-state index in [0.29, 0.717) is 17.8 Å². The van der Waals surface area contributed by atoms with Crippen molar-refractivity contribution in [1.29, 1.82) is 0 Å². The maximum atomic E-state index is 12.3. The third-order valence-corrected chi connectivity index (χ3v) is 3.56. The van der Waals surface area contributed by atoms with Gasteiger partial charge in [-0.15, -0.1) is 0 Å². The summed E-state index contributed by atoms with van der Waals surface area (Å²) in [6.45, 7) is 2.10. The molecule has 2 aromatic rings. The number of amides is 2. The number of hydrogen-bond donors (Lipinski definition) is 2. The molecule has 1 heterocycles. The van der Waals surface area contributed by atoms with Gasteiger partial charge in [0.2, 0.25) is 0 Å². The molecular weight excluding hydrogens is 352 g/mol. The molecule has 2 amide bonds. The van der Waals surface area contributed by atoms with Gasteiger partial charge < -0.3 is 15.4 Å². The highest BCUT2D eigenvalue weighted by Gasteiger charge is 2.11. The predicted molar refractivity (Wildman–Crippen MR) is 97.5 cm³/mol. The molecule has 0 radical (unpaired) electrons. The van der Waals surface area contributed by atoms with E-state index in [1.807, 2.05) is 6.92 Å². The topological polar surface area (TPSA) is 119 Å². The Kier molecular flexibility index (Phi) is 6.81. The number of ether oxygens (including phenoxy) is 1. The van der Waals surface area contributed by atoms with E-state index in [1.165, 1.54) is 36.1 Å². The zero-order valence-electron chi connectivity index (χ0n) is 15.0. The lowest BCUT2D eigenvalue weighted by Gasteiger charge is -2.08. The second-order valence-corrected chi connectivity index (χ2v) is 5.57. The highest BCUT2D eigenvalue weighted by molar-refractivity contribution is 6.03. The Morgan fingerprint density at radius 2 is 1.78 bits per heavy atom. The molecule has 0 saturated carbocycles. The lowest BCUT2D eigenvalue weighted by Crippen LogP contribution is -2.30. The standard InChI is InChI=1S/C18H20N4O5/c1-3-10-22-15(23)9-8-14(21-22)18(26)20-13-6-4-12(5-7-13)17(25)19-11-16(24)27-2/h4-9H,3,10-11H2,1-2H3,(H,19,25)(H,20,26). The first-order chi connectivity index (χ1) is 12.9. The van der Waals surface area contributed by atoms with Crippen LogP contribution in [0, 0.1) is 0 Å². The van der Waals surface area contributed by atoms with Crippen molar-refractivity contribution in [2.24, 2.45) is 0 Å². The van der Waals surface area contributed by atoms with Gasteiger partial charge in [-0.3, -0.25) is 19.2 Å². The van der Waals surface area contributed by atoms with Gasteiger partial charge in [0.05, 0.1) is 7.11 Å². The van der Waals surface area contributed by atoms with E-state index in [-0.39, 0.29) is 17.8 Å². The van der Waals surface area contributed by atoms with Crippen LogP contribution in [0.15, 0.2) is 41.2 Å². The predicted octanol–water partition coefficient (Wildman–Crippen LogP) is 0.808. The Morgan fingerprint density at radius 1 is 1.07 bits per heavy atom. The summed E-state index contributed by atoms with van der Waals surface area (Å²) in [5.74, 6) is -1.46. The molecule has 1 aromatic heterocycles. The molecule has 27 heavy (non-hydrogen) atoms. The van der Waals surface area contributed by atoms with Crippen LogP contribution in [0.4, 0.5) is 5.69 Å². The summed E-state index contributed by atoms with van der Waals surface area (Å²) in [5.41, 5.74) is 0.629. The maximum Gasteiger partial charge on any atom is 0.325 e. The fourth-order valence-electron chi connectivity index (χ4n) is 2.17. The normalized spacial score (nSPS) is 10.1. The number of carbonyl (C=O) groups excluding carboxylic acids is 3. The quantitative estimate of drug-likeness (QED) is 0.694. The highest BCUT2D eigenvalue weighted by atomic mass is 16.5. The monoisotopic (exact) mass is 372 g/mol. The first kappa shape index (κ1) is 19.8. The molecule has 0 fully saturated rings. The van der Waals surface area contributed by atoms with Gasteiger partial charge in [-0.1, -0.05) is 6.92 Å². The minimum absolute atomic E-state index is 0.114. The van der Waals surface area contributed by atoms with Crippen LogP contribution < -0.4 is 16.2 Å². The van der Waals surface area contributed by atoms with E-state index < -0.39 is 17.8 Å². The molecule has 2 N–H and O–H groups in total. The van der Waals surface area contributed by atoms with Crippen LogP contribution in [0.5, 0.6) is 0 Å². The second-order valence-electron chi connectivity index (χ2n) is 5.57. The number of aryl methyl sites for hydroxylation is 1. The third-order valence-electron chi connectivity index (χ3n) is 3.56.